The topological polar surface area (TPSA) is 243 Å². The summed E-state index contributed by atoms with van der Waals surface area (Å²) in [5.41, 5.74) is 1.42. The van der Waals surface area contributed by atoms with Crippen molar-refractivity contribution in [2.24, 2.45) is 0 Å². The van der Waals surface area contributed by atoms with Crippen LogP contribution in [0.4, 0.5) is 8.78 Å². The van der Waals surface area contributed by atoms with Crippen molar-refractivity contribution in [3.8, 4) is 17.4 Å². The minimum absolute atomic E-state index is 0.0219. The third-order valence-corrected chi connectivity index (χ3v) is 9.65. The first kappa shape index (κ1) is 41.0. The van der Waals surface area contributed by atoms with Gasteiger partial charge in [0.15, 0.2) is 17.8 Å². The van der Waals surface area contributed by atoms with Crippen molar-refractivity contribution >= 4 is 0 Å². The molecule has 1 aromatic carbocycles. The molecule has 11 atom stereocenters. The Morgan fingerprint density at radius 2 is 1.45 bits per heavy atom. The van der Waals surface area contributed by atoms with E-state index < -0.39 is 92.8 Å². The summed E-state index contributed by atoms with van der Waals surface area (Å²) in [4.78, 5) is 8.80. The lowest BCUT2D eigenvalue weighted by Crippen LogP contribution is -2.65. The quantitative estimate of drug-likeness (QED) is 0.103. The second-order valence-electron chi connectivity index (χ2n) is 14.3. The highest BCUT2D eigenvalue weighted by Crippen LogP contribution is 2.39. The number of halogens is 2. The van der Waals surface area contributed by atoms with E-state index in [4.69, 9.17) is 28.4 Å². The molecule has 55 heavy (non-hydrogen) atoms. The van der Waals surface area contributed by atoms with Gasteiger partial charge >= 0.3 is 6.61 Å². The van der Waals surface area contributed by atoms with E-state index in [0.29, 0.717) is 23.2 Å². The van der Waals surface area contributed by atoms with Gasteiger partial charge in [-0.2, -0.15) is 8.78 Å². The summed E-state index contributed by atoms with van der Waals surface area (Å²) < 4.78 is 59.4. The molecular weight excluding hydrogens is 734 g/mol. The number of aromatic nitrogens is 2. The molecule has 2 aliphatic heterocycles. The number of pyridine rings is 2. The number of ether oxygens (including phenoxy) is 6. The lowest BCUT2D eigenvalue weighted by Gasteiger charge is -2.45. The average molecular weight is 781 g/mol. The van der Waals surface area contributed by atoms with Gasteiger partial charge in [-0.1, -0.05) is 18.2 Å². The molecule has 0 spiro atoms. The molecular formula is C37H46F2N2O14. The number of benzene rings is 1. The van der Waals surface area contributed by atoms with Crippen LogP contribution in [0.25, 0.3) is 0 Å². The zero-order valence-corrected chi connectivity index (χ0v) is 29.9. The van der Waals surface area contributed by atoms with Crippen LogP contribution in [0.1, 0.15) is 55.0 Å². The Kier molecular flexibility index (Phi) is 12.8. The van der Waals surface area contributed by atoms with Crippen molar-refractivity contribution in [1.82, 2.24) is 9.97 Å². The maximum Gasteiger partial charge on any atom is 0.387 e. The van der Waals surface area contributed by atoms with Gasteiger partial charge in [-0.15, -0.1) is 0 Å². The lowest BCUT2D eigenvalue weighted by molar-refractivity contribution is -0.352. The maximum absolute atomic E-state index is 13.2. The Bertz CT molecular complexity index is 1690. The monoisotopic (exact) mass is 780 g/mol. The first-order chi connectivity index (χ1) is 26.2. The summed E-state index contributed by atoms with van der Waals surface area (Å²) in [6, 6.07) is 11.5. The summed E-state index contributed by atoms with van der Waals surface area (Å²) in [5.74, 6) is -0.325. The third kappa shape index (κ3) is 9.66. The molecule has 18 heteroatoms. The summed E-state index contributed by atoms with van der Waals surface area (Å²) in [6.07, 6.45) is -11.2. The van der Waals surface area contributed by atoms with Gasteiger partial charge in [-0.05, 0) is 68.0 Å². The van der Waals surface area contributed by atoms with Gasteiger partial charge in [0.2, 0.25) is 12.2 Å². The van der Waals surface area contributed by atoms with Gasteiger partial charge in [0.1, 0.15) is 54.4 Å². The summed E-state index contributed by atoms with van der Waals surface area (Å²) in [6.45, 7) is -1.28. The predicted molar refractivity (Wildman–Crippen MR) is 183 cm³/mol. The Hall–Kier alpha value is -3.66. The molecule has 0 bridgehead atoms. The molecule has 3 aliphatic rings. The normalized spacial score (nSPS) is 30.6. The van der Waals surface area contributed by atoms with E-state index in [0.717, 1.165) is 18.4 Å². The van der Waals surface area contributed by atoms with Crippen molar-refractivity contribution in [3.05, 3.63) is 77.2 Å². The minimum Gasteiger partial charge on any atom is -0.487 e. The van der Waals surface area contributed by atoms with Gasteiger partial charge < -0.3 is 69.3 Å². The van der Waals surface area contributed by atoms with E-state index in [1.165, 1.54) is 18.3 Å². The van der Waals surface area contributed by atoms with Crippen LogP contribution in [-0.4, -0.2) is 138 Å². The molecule has 3 fully saturated rings. The number of rotatable bonds is 15. The average Bonchev–Trinajstić information content (AvgIpc) is 3.98. The zero-order chi connectivity index (χ0) is 39.6. The fraction of sp³-hybridized carbons (Fsp3) is 0.568. The van der Waals surface area contributed by atoms with E-state index in [-0.39, 0.29) is 23.5 Å². The molecule has 6 rings (SSSR count). The smallest absolute Gasteiger partial charge is 0.387 e. The van der Waals surface area contributed by atoms with Crippen molar-refractivity contribution in [2.75, 3.05) is 13.2 Å². The van der Waals surface area contributed by atoms with Crippen LogP contribution in [0, 0.1) is 0 Å². The first-order valence-electron chi connectivity index (χ1n) is 17.8. The molecule has 0 radical (unpaired) electrons. The van der Waals surface area contributed by atoms with Crippen LogP contribution in [0.5, 0.6) is 17.4 Å². The molecule has 8 N–H and O–H groups in total. The Morgan fingerprint density at radius 3 is 2.05 bits per heavy atom. The van der Waals surface area contributed by atoms with Crippen LogP contribution >= 0.6 is 0 Å². The van der Waals surface area contributed by atoms with E-state index in [2.05, 4.69) is 9.97 Å². The molecule has 1 aliphatic carbocycles. The fourth-order valence-corrected chi connectivity index (χ4v) is 6.40. The molecule has 0 amide bonds. The van der Waals surface area contributed by atoms with E-state index in [9.17, 15) is 49.6 Å². The highest BCUT2D eigenvalue weighted by Gasteiger charge is 2.51. The van der Waals surface area contributed by atoms with E-state index >= 15 is 0 Å². The second-order valence-corrected chi connectivity index (χ2v) is 14.3. The number of hydrogen-bond donors (Lipinski definition) is 8. The highest BCUT2D eigenvalue weighted by molar-refractivity contribution is 5.47. The molecule has 4 unspecified atom stereocenters. The van der Waals surface area contributed by atoms with Crippen LogP contribution in [0.15, 0.2) is 54.9 Å². The molecule has 2 aromatic heterocycles. The zero-order valence-electron chi connectivity index (χ0n) is 29.9. The Morgan fingerprint density at radius 1 is 0.764 bits per heavy atom. The first-order valence-corrected chi connectivity index (χ1v) is 17.8. The number of aliphatic hydroxyl groups is 8. The standard InChI is InChI=1S/C37H46F2N2O14/c1-37(2,49)26-9-5-19(14-40-26)21(18-4-8-22(53-36(38)39)23(12-18)50-20-6-7-20)11-17-3-10-27(41-13-17)54-34-32(48)30(46)33(25(16-43)52-34)55-35-31(47)29(45)28(44)24(15-42)51-35/h3-5,8-10,12-14,20-21,24-25,28-36,42-49H,6-7,11,15-16H2,1-2H3/t21-,24?,25?,28+,29?,30-,31-,32?,33+,34-,35-/m0/s1. The van der Waals surface area contributed by atoms with Gasteiger partial charge in [-0.3, -0.25) is 4.98 Å². The predicted octanol–water partition coefficient (Wildman–Crippen LogP) is 0.224. The third-order valence-electron chi connectivity index (χ3n) is 9.65. The van der Waals surface area contributed by atoms with Crippen LogP contribution in [0.2, 0.25) is 0 Å². The van der Waals surface area contributed by atoms with Crippen molar-refractivity contribution < 1.29 is 78.1 Å². The van der Waals surface area contributed by atoms with Crippen molar-refractivity contribution in [2.45, 2.75) is 119 Å². The van der Waals surface area contributed by atoms with Gasteiger partial charge in [0.25, 0.3) is 0 Å². The molecule has 2 saturated heterocycles. The Balaban J connectivity index is 1.18. The number of alkyl halides is 2. The number of aliphatic hydroxyl groups excluding tert-OH is 7. The molecule has 4 heterocycles. The Labute approximate surface area is 314 Å². The van der Waals surface area contributed by atoms with E-state index in [1.807, 2.05) is 6.07 Å². The molecule has 1 saturated carbocycles. The fourth-order valence-electron chi connectivity index (χ4n) is 6.40. The summed E-state index contributed by atoms with van der Waals surface area (Å²) >= 11 is 0. The summed E-state index contributed by atoms with van der Waals surface area (Å²) in [7, 11) is 0. The van der Waals surface area contributed by atoms with Crippen LogP contribution < -0.4 is 14.2 Å². The highest BCUT2D eigenvalue weighted by atomic mass is 19.3. The van der Waals surface area contributed by atoms with Gasteiger partial charge in [-0.25, -0.2) is 4.98 Å². The molecule has 3 aromatic rings. The largest absolute Gasteiger partial charge is 0.487 e. The van der Waals surface area contributed by atoms with Crippen LogP contribution in [-0.2, 0) is 26.2 Å². The number of hydrogen-bond acceptors (Lipinski definition) is 16. The number of nitrogens with zero attached hydrogens (tertiary/aromatic N) is 2. The molecule has 16 nitrogen and oxygen atoms in total. The van der Waals surface area contributed by atoms with Crippen molar-refractivity contribution in [3.63, 3.8) is 0 Å². The second kappa shape index (κ2) is 17.2. The summed E-state index contributed by atoms with van der Waals surface area (Å²) in [5, 5.41) is 82.4. The minimum atomic E-state index is -3.04. The van der Waals surface area contributed by atoms with Crippen molar-refractivity contribution in [1.29, 1.82) is 0 Å². The maximum atomic E-state index is 13.2. The van der Waals surface area contributed by atoms with Crippen LogP contribution in [0.3, 0.4) is 0 Å². The lowest BCUT2D eigenvalue weighted by atomic mass is 9.86. The molecule has 302 valence electrons. The van der Waals surface area contributed by atoms with E-state index in [1.54, 1.807) is 44.3 Å². The van der Waals surface area contributed by atoms with Gasteiger partial charge in [0, 0.05) is 24.4 Å². The van der Waals surface area contributed by atoms with Gasteiger partial charge in [0.05, 0.1) is 25.0 Å². The SMILES string of the molecule is CC(C)(O)c1ccc([C@@H](Cc2ccc(O[C@@H]3OC(CO)[C@@H](O[C@@H]4OC(CO)[C@@H](O)C(O)[C@@H]4O)[C@@H](O)C3O)nc2)c2ccc(OC(F)F)c(OC3CC3)c2)cn1.